The number of rotatable bonds is 6. The van der Waals surface area contributed by atoms with E-state index in [0.29, 0.717) is 11.8 Å². The monoisotopic (exact) mass is 328 g/mol. The Bertz CT molecular complexity index is 657. The summed E-state index contributed by atoms with van der Waals surface area (Å²) >= 11 is 0. The highest BCUT2D eigenvalue weighted by Gasteiger charge is 2.06. The van der Waals surface area contributed by atoms with Crippen LogP contribution in [0.15, 0.2) is 42.5 Å². The zero-order valence-corrected chi connectivity index (χ0v) is 11.7. The van der Waals surface area contributed by atoms with E-state index in [2.05, 4.69) is 15.4 Å². The molecule has 0 spiro atoms. The van der Waals surface area contributed by atoms with Crippen LogP contribution >= 0.6 is 0 Å². The van der Waals surface area contributed by atoms with Crippen LogP contribution in [0, 0.1) is 11.6 Å². The third-order valence-corrected chi connectivity index (χ3v) is 2.68. The van der Waals surface area contributed by atoms with Crippen molar-refractivity contribution in [2.45, 2.75) is 6.61 Å². The summed E-state index contributed by atoms with van der Waals surface area (Å²) in [6.07, 6.45) is 0. The van der Waals surface area contributed by atoms with Crippen molar-refractivity contribution >= 4 is 17.3 Å². The molecule has 0 aliphatic carbocycles. The summed E-state index contributed by atoms with van der Waals surface area (Å²) < 4.78 is 54.1. The molecule has 0 atom stereocenters. The van der Waals surface area contributed by atoms with Gasteiger partial charge in [-0.2, -0.15) is 8.78 Å². The van der Waals surface area contributed by atoms with Gasteiger partial charge in [-0.1, -0.05) is 0 Å². The third-order valence-electron chi connectivity index (χ3n) is 2.68. The van der Waals surface area contributed by atoms with Gasteiger partial charge in [0.1, 0.15) is 17.4 Å². The van der Waals surface area contributed by atoms with Gasteiger partial charge in [-0.3, -0.25) is 4.79 Å². The van der Waals surface area contributed by atoms with Gasteiger partial charge in [0.25, 0.3) is 0 Å². The molecule has 0 saturated carbocycles. The second kappa shape index (κ2) is 7.48. The summed E-state index contributed by atoms with van der Waals surface area (Å²) in [5, 5.41) is 5.06. The molecule has 0 aromatic heterocycles. The largest absolute Gasteiger partial charge is 0.435 e. The topological polar surface area (TPSA) is 50.4 Å². The van der Waals surface area contributed by atoms with E-state index in [1.807, 2.05) is 0 Å². The van der Waals surface area contributed by atoms with E-state index in [0.717, 1.165) is 12.1 Å². The Morgan fingerprint density at radius 2 is 1.61 bits per heavy atom. The van der Waals surface area contributed by atoms with Crippen molar-refractivity contribution in [1.82, 2.24) is 0 Å². The normalized spacial score (nSPS) is 10.5. The maximum atomic E-state index is 13.0. The predicted molar refractivity (Wildman–Crippen MR) is 76.6 cm³/mol. The molecule has 0 aliphatic heterocycles. The maximum absolute atomic E-state index is 13.0. The molecular formula is C15H12F4N2O2. The van der Waals surface area contributed by atoms with Crippen LogP contribution in [0.25, 0.3) is 0 Å². The van der Waals surface area contributed by atoms with E-state index in [1.54, 1.807) is 0 Å². The SMILES string of the molecule is O=C(CNc1cc(F)cc(F)c1)Nc1ccc(OC(F)F)cc1. The first-order valence-electron chi connectivity index (χ1n) is 6.47. The number of hydrogen-bond acceptors (Lipinski definition) is 3. The van der Waals surface area contributed by atoms with Crippen LogP contribution in [0.1, 0.15) is 0 Å². The highest BCUT2D eigenvalue weighted by molar-refractivity contribution is 5.93. The van der Waals surface area contributed by atoms with Crippen molar-refractivity contribution in [3.05, 3.63) is 54.1 Å². The van der Waals surface area contributed by atoms with Crippen LogP contribution in [-0.4, -0.2) is 19.1 Å². The lowest BCUT2D eigenvalue weighted by atomic mass is 10.3. The number of benzene rings is 2. The predicted octanol–water partition coefficient (Wildman–Crippen LogP) is 3.62. The Hall–Kier alpha value is -2.77. The molecule has 23 heavy (non-hydrogen) atoms. The number of amides is 1. The summed E-state index contributed by atoms with van der Waals surface area (Å²) in [6, 6.07) is 8.14. The van der Waals surface area contributed by atoms with Crippen LogP contribution in [0.2, 0.25) is 0 Å². The van der Waals surface area contributed by atoms with E-state index in [1.165, 1.54) is 24.3 Å². The van der Waals surface area contributed by atoms with Gasteiger partial charge in [0.15, 0.2) is 0 Å². The number of alkyl halides is 2. The number of nitrogens with one attached hydrogen (secondary N) is 2. The third kappa shape index (κ3) is 5.50. The molecule has 0 fully saturated rings. The first-order valence-corrected chi connectivity index (χ1v) is 6.47. The summed E-state index contributed by atoms with van der Waals surface area (Å²) in [4.78, 5) is 11.7. The highest BCUT2D eigenvalue weighted by Crippen LogP contribution is 2.18. The molecule has 0 saturated heterocycles. The van der Waals surface area contributed by atoms with Crippen LogP contribution in [-0.2, 0) is 4.79 Å². The van der Waals surface area contributed by atoms with Crippen molar-refractivity contribution in [2.75, 3.05) is 17.2 Å². The molecule has 0 bridgehead atoms. The Kier molecular flexibility index (Phi) is 5.40. The number of carbonyl (C=O) groups excluding carboxylic acids is 1. The molecule has 2 aromatic rings. The molecule has 2 rings (SSSR count). The minimum Gasteiger partial charge on any atom is -0.435 e. The van der Waals surface area contributed by atoms with Crippen LogP contribution < -0.4 is 15.4 Å². The molecule has 4 nitrogen and oxygen atoms in total. The fourth-order valence-electron chi connectivity index (χ4n) is 1.76. The summed E-state index contributed by atoms with van der Waals surface area (Å²) in [5.74, 6) is -2.03. The Balaban J connectivity index is 1.87. The standard InChI is InChI=1S/C15H12F4N2O2/c16-9-5-10(17)7-12(6-9)20-8-14(22)21-11-1-3-13(4-2-11)23-15(18)19/h1-7,15,20H,8H2,(H,21,22). The fourth-order valence-corrected chi connectivity index (χ4v) is 1.76. The average Bonchev–Trinajstić information content (AvgIpc) is 2.46. The fraction of sp³-hybridized carbons (Fsp3) is 0.133. The first-order chi connectivity index (χ1) is 10.9. The molecule has 2 aromatic carbocycles. The van der Waals surface area contributed by atoms with Gasteiger partial charge < -0.3 is 15.4 Å². The van der Waals surface area contributed by atoms with Gasteiger partial charge in [0.2, 0.25) is 5.91 Å². The summed E-state index contributed by atoms with van der Waals surface area (Å²) in [7, 11) is 0. The number of ether oxygens (including phenoxy) is 1. The van der Waals surface area contributed by atoms with Gasteiger partial charge in [-0.25, -0.2) is 8.78 Å². The smallest absolute Gasteiger partial charge is 0.387 e. The molecule has 8 heteroatoms. The molecule has 0 unspecified atom stereocenters. The lowest BCUT2D eigenvalue weighted by molar-refractivity contribution is -0.114. The van der Waals surface area contributed by atoms with E-state index in [-0.39, 0.29) is 18.0 Å². The van der Waals surface area contributed by atoms with Crippen molar-refractivity contribution in [1.29, 1.82) is 0 Å². The molecule has 0 heterocycles. The van der Waals surface area contributed by atoms with Crippen molar-refractivity contribution < 1.29 is 27.1 Å². The quantitative estimate of drug-likeness (QED) is 0.797. The van der Waals surface area contributed by atoms with Gasteiger partial charge in [0, 0.05) is 17.4 Å². The summed E-state index contributed by atoms with van der Waals surface area (Å²) in [6.45, 7) is -3.15. The van der Waals surface area contributed by atoms with Crippen molar-refractivity contribution in [3.8, 4) is 5.75 Å². The lowest BCUT2D eigenvalue weighted by Gasteiger charge is -2.09. The molecule has 0 radical (unpaired) electrons. The minimum absolute atomic E-state index is 0.0358. The van der Waals surface area contributed by atoms with Crippen LogP contribution in [0.3, 0.4) is 0 Å². The van der Waals surface area contributed by atoms with Crippen molar-refractivity contribution in [3.63, 3.8) is 0 Å². The Morgan fingerprint density at radius 3 is 2.17 bits per heavy atom. The number of halogens is 4. The molecular weight excluding hydrogens is 316 g/mol. The molecule has 0 aliphatic rings. The van der Waals surface area contributed by atoms with Gasteiger partial charge in [0.05, 0.1) is 6.54 Å². The number of hydrogen-bond donors (Lipinski definition) is 2. The zero-order chi connectivity index (χ0) is 16.8. The minimum atomic E-state index is -2.92. The van der Waals surface area contributed by atoms with Gasteiger partial charge >= 0.3 is 6.61 Å². The average molecular weight is 328 g/mol. The van der Waals surface area contributed by atoms with E-state index in [4.69, 9.17) is 0 Å². The van der Waals surface area contributed by atoms with Gasteiger partial charge in [-0.15, -0.1) is 0 Å². The number of carbonyl (C=O) groups is 1. The van der Waals surface area contributed by atoms with E-state index >= 15 is 0 Å². The second-order valence-electron chi connectivity index (χ2n) is 4.46. The van der Waals surface area contributed by atoms with Crippen LogP contribution in [0.5, 0.6) is 5.75 Å². The Morgan fingerprint density at radius 1 is 1.00 bits per heavy atom. The molecule has 2 N–H and O–H groups in total. The van der Waals surface area contributed by atoms with Crippen LogP contribution in [0.4, 0.5) is 28.9 Å². The van der Waals surface area contributed by atoms with Crippen molar-refractivity contribution in [2.24, 2.45) is 0 Å². The van der Waals surface area contributed by atoms with Gasteiger partial charge in [-0.05, 0) is 36.4 Å². The highest BCUT2D eigenvalue weighted by atomic mass is 19.3. The lowest BCUT2D eigenvalue weighted by Crippen LogP contribution is -2.21. The summed E-state index contributed by atoms with van der Waals surface area (Å²) in [5.41, 5.74) is 0.488. The zero-order valence-electron chi connectivity index (χ0n) is 11.7. The maximum Gasteiger partial charge on any atom is 0.387 e. The van der Waals surface area contributed by atoms with E-state index < -0.39 is 24.2 Å². The second-order valence-corrected chi connectivity index (χ2v) is 4.46. The molecule has 1 amide bonds. The molecule has 122 valence electrons. The first kappa shape index (κ1) is 16.6. The van der Waals surface area contributed by atoms with E-state index in [9.17, 15) is 22.4 Å². The number of anilines is 2. The Labute approximate surface area is 129 Å².